The molecule has 1 aliphatic heterocycles. The molecule has 0 bridgehead atoms. The summed E-state index contributed by atoms with van der Waals surface area (Å²) >= 11 is 1.83. The number of rotatable bonds is 6. The summed E-state index contributed by atoms with van der Waals surface area (Å²) in [6, 6.07) is 5.50. The maximum atomic E-state index is 12.3. The lowest BCUT2D eigenvalue weighted by Crippen LogP contribution is -2.28. The van der Waals surface area contributed by atoms with Crippen molar-refractivity contribution < 1.29 is 13.2 Å². The highest BCUT2D eigenvalue weighted by atomic mass is 32.2. The van der Waals surface area contributed by atoms with Crippen molar-refractivity contribution >= 4 is 21.8 Å². The van der Waals surface area contributed by atoms with Gasteiger partial charge in [-0.25, -0.2) is 13.1 Å². The summed E-state index contributed by atoms with van der Waals surface area (Å²) in [5.74, 6) is 0.800. The van der Waals surface area contributed by atoms with Gasteiger partial charge in [-0.3, -0.25) is 0 Å². The molecule has 0 radical (unpaired) electrons. The van der Waals surface area contributed by atoms with Crippen molar-refractivity contribution in [2.24, 2.45) is 0 Å². The average Bonchev–Trinajstić information content (AvgIpc) is 2.47. The molecule has 6 heteroatoms. The molecule has 0 saturated carbocycles. The predicted molar refractivity (Wildman–Crippen MR) is 87.4 cm³/mol. The SMILES string of the molecule is Cc1ccc(C)c(S(=O)(=O)NCCSC2CCOCC2)c1. The van der Waals surface area contributed by atoms with Gasteiger partial charge in [0, 0.05) is 30.8 Å². The molecule has 21 heavy (non-hydrogen) atoms. The molecule has 1 saturated heterocycles. The van der Waals surface area contributed by atoms with Gasteiger partial charge in [0.25, 0.3) is 0 Å². The zero-order valence-electron chi connectivity index (χ0n) is 12.6. The van der Waals surface area contributed by atoms with Crippen LogP contribution in [0.25, 0.3) is 0 Å². The highest BCUT2D eigenvalue weighted by Gasteiger charge is 2.17. The van der Waals surface area contributed by atoms with Crippen molar-refractivity contribution in [1.82, 2.24) is 4.72 Å². The second kappa shape index (κ2) is 7.63. The molecule has 1 fully saturated rings. The van der Waals surface area contributed by atoms with Crippen molar-refractivity contribution in [2.45, 2.75) is 36.8 Å². The summed E-state index contributed by atoms with van der Waals surface area (Å²) in [6.45, 7) is 5.85. The third-order valence-corrected chi connectivity index (χ3v) is 6.53. The van der Waals surface area contributed by atoms with Crippen molar-refractivity contribution in [1.29, 1.82) is 0 Å². The number of benzene rings is 1. The maximum Gasteiger partial charge on any atom is 0.240 e. The Morgan fingerprint density at radius 2 is 2.00 bits per heavy atom. The number of thioether (sulfide) groups is 1. The molecule has 1 heterocycles. The molecule has 2 rings (SSSR count). The lowest BCUT2D eigenvalue weighted by molar-refractivity contribution is 0.100. The molecule has 0 spiro atoms. The minimum Gasteiger partial charge on any atom is -0.381 e. The highest BCUT2D eigenvalue weighted by molar-refractivity contribution is 8.00. The fraction of sp³-hybridized carbons (Fsp3) is 0.600. The molecule has 0 aliphatic carbocycles. The van der Waals surface area contributed by atoms with Crippen LogP contribution in [0.1, 0.15) is 24.0 Å². The first-order valence-corrected chi connectivity index (χ1v) is 9.78. The maximum absolute atomic E-state index is 12.3. The van der Waals surface area contributed by atoms with Crippen LogP contribution >= 0.6 is 11.8 Å². The Bertz CT molecular complexity index is 566. The van der Waals surface area contributed by atoms with Gasteiger partial charge in [-0.2, -0.15) is 11.8 Å². The molecular formula is C15H23NO3S2. The normalized spacial score (nSPS) is 17.0. The molecule has 0 atom stereocenters. The summed E-state index contributed by atoms with van der Waals surface area (Å²) in [5, 5.41) is 0.601. The van der Waals surface area contributed by atoms with E-state index in [0.29, 0.717) is 16.7 Å². The van der Waals surface area contributed by atoms with Crippen LogP contribution in [0.15, 0.2) is 23.1 Å². The molecule has 0 aromatic heterocycles. The number of nitrogens with one attached hydrogen (secondary N) is 1. The Labute approximate surface area is 131 Å². The standard InChI is InChI=1S/C15H23NO3S2/c1-12-3-4-13(2)15(11-12)21(17,18)16-7-10-20-14-5-8-19-9-6-14/h3-4,11,14,16H,5-10H2,1-2H3. The average molecular weight is 329 g/mol. The van der Waals surface area contributed by atoms with Gasteiger partial charge in [0.05, 0.1) is 4.90 Å². The van der Waals surface area contributed by atoms with Crippen LogP contribution in [0.2, 0.25) is 0 Å². The summed E-state index contributed by atoms with van der Waals surface area (Å²) in [6.07, 6.45) is 2.13. The van der Waals surface area contributed by atoms with Gasteiger partial charge in [-0.15, -0.1) is 0 Å². The Morgan fingerprint density at radius 3 is 2.71 bits per heavy atom. The summed E-state index contributed by atoms with van der Waals surface area (Å²) in [5.41, 5.74) is 1.74. The Morgan fingerprint density at radius 1 is 1.29 bits per heavy atom. The zero-order chi connectivity index (χ0) is 15.3. The second-order valence-corrected chi connectivity index (χ2v) is 8.49. The van der Waals surface area contributed by atoms with Gasteiger partial charge in [-0.05, 0) is 43.9 Å². The topological polar surface area (TPSA) is 55.4 Å². The van der Waals surface area contributed by atoms with Crippen LogP contribution in [0, 0.1) is 13.8 Å². The van der Waals surface area contributed by atoms with Crippen LogP contribution in [0.5, 0.6) is 0 Å². The van der Waals surface area contributed by atoms with E-state index >= 15 is 0 Å². The molecule has 0 unspecified atom stereocenters. The molecule has 1 aromatic carbocycles. The van der Waals surface area contributed by atoms with Crippen LogP contribution in [-0.4, -0.2) is 39.2 Å². The highest BCUT2D eigenvalue weighted by Crippen LogP contribution is 2.22. The van der Waals surface area contributed by atoms with Crippen LogP contribution in [0.3, 0.4) is 0 Å². The minimum absolute atomic E-state index is 0.388. The van der Waals surface area contributed by atoms with E-state index in [9.17, 15) is 8.42 Å². The van der Waals surface area contributed by atoms with Gasteiger partial charge < -0.3 is 4.74 Å². The monoisotopic (exact) mass is 329 g/mol. The number of hydrogen-bond acceptors (Lipinski definition) is 4. The van der Waals surface area contributed by atoms with Crippen molar-refractivity contribution in [3.8, 4) is 0 Å². The largest absolute Gasteiger partial charge is 0.381 e. The van der Waals surface area contributed by atoms with Crippen molar-refractivity contribution in [3.63, 3.8) is 0 Å². The van der Waals surface area contributed by atoms with E-state index in [2.05, 4.69) is 4.72 Å². The fourth-order valence-corrected chi connectivity index (χ4v) is 4.89. The Balaban J connectivity index is 1.85. The van der Waals surface area contributed by atoms with E-state index in [-0.39, 0.29) is 0 Å². The van der Waals surface area contributed by atoms with E-state index in [1.165, 1.54) is 0 Å². The number of sulfonamides is 1. The quantitative estimate of drug-likeness (QED) is 0.815. The minimum atomic E-state index is -3.40. The molecule has 4 nitrogen and oxygen atoms in total. The number of ether oxygens (including phenoxy) is 1. The summed E-state index contributed by atoms with van der Waals surface area (Å²) in [7, 11) is -3.40. The first kappa shape index (κ1) is 16.8. The zero-order valence-corrected chi connectivity index (χ0v) is 14.2. The van der Waals surface area contributed by atoms with Gasteiger partial charge in [-0.1, -0.05) is 12.1 Å². The van der Waals surface area contributed by atoms with Crippen LogP contribution in [0.4, 0.5) is 0 Å². The van der Waals surface area contributed by atoms with Crippen molar-refractivity contribution in [3.05, 3.63) is 29.3 Å². The fourth-order valence-electron chi connectivity index (χ4n) is 2.32. The smallest absolute Gasteiger partial charge is 0.240 e. The molecular weight excluding hydrogens is 306 g/mol. The predicted octanol–water partition coefficient (Wildman–Crippen LogP) is 2.49. The lowest BCUT2D eigenvalue weighted by atomic mass is 10.2. The molecule has 1 aromatic rings. The second-order valence-electron chi connectivity index (χ2n) is 5.35. The van der Waals surface area contributed by atoms with Crippen LogP contribution < -0.4 is 4.72 Å². The molecule has 1 N–H and O–H groups in total. The summed E-state index contributed by atoms with van der Waals surface area (Å²) < 4.78 is 32.7. The van der Waals surface area contributed by atoms with Crippen molar-refractivity contribution in [2.75, 3.05) is 25.5 Å². The third kappa shape index (κ3) is 4.98. The van der Waals surface area contributed by atoms with E-state index in [0.717, 1.165) is 42.9 Å². The molecule has 118 valence electrons. The van der Waals surface area contributed by atoms with Crippen LogP contribution in [-0.2, 0) is 14.8 Å². The Hall–Kier alpha value is -0.560. The Kier molecular flexibility index (Phi) is 6.10. The van der Waals surface area contributed by atoms with E-state index < -0.39 is 10.0 Å². The van der Waals surface area contributed by atoms with E-state index in [1.807, 2.05) is 37.7 Å². The lowest BCUT2D eigenvalue weighted by Gasteiger charge is -2.21. The van der Waals surface area contributed by atoms with Gasteiger partial charge >= 0.3 is 0 Å². The van der Waals surface area contributed by atoms with E-state index in [1.54, 1.807) is 6.07 Å². The number of aryl methyl sites for hydroxylation is 2. The van der Waals surface area contributed by atoms with E-state index in [4.69, 9.17) is 4.74 Å². The first-order chi connectivity index (χ1) is 9.99. The third-order valence-electron chi connectivity index (χ3n) is 3.55. The number of hydrogen-bond donors (Lipinski definition) is 1. The molecule has 0 amide bonds. The molecule has 1 aliphatic rings. The van der Waals surface area contributed by atoms with Gasteiger partial charge in [0.15, 0.2) is 0 Å². The van der Waals surface area contributed by atoms with Gasteiger partial charge in [0.2, 0.25) is 10.0 Å². The summed E-state index contributed by atoms with van der Waals surface area (Å²) in [4.78, 5) is 0.388. The van der Waals surface area contributed by atoms with Gasteiger partial charge in [0.1, 0.15) is 0 Å². The first-order valence-electron chi connectivity index (χ1n) is 7.25.